The van der Waals surface area contributed by atoms with E-state index < -0.39 is 54.5 Å². The van der Waals surface area contributed by atoms with Gasteiger partial charge in [0.1, 0.15) is 12.7 Å². The first-order valence-electron chi connectivity index (χ1n) is 6.88. The molecular weight excluding hydrogens is 331 g/mol. The summed E-state index contributed by atoms with van der Waals surface area (Å²) in [6.07, 6.45) is -8.33. The minimum atomic E-state index is -5.81. The summed E-state index contributed by atoms with van der Waals surface area (Å²) in [5, 5.41) is 18.9. The lowest BCUT2D eigenvalue weighted by molar-refractivity contribution is -0.472. The molecule has 0 aromatic heterocycles. The molecule has 0 saturated carbocycles. The van der Waals surface area contributed by atoms with Crippen molar-refractivity contribution in [3.63, 3.8) is 0 Å². The van der Waals surface area contributed by atoms with E-state index in [9.17, 15) is 37.0 Å². The van der Waals surface area contributed by atoms with Gasteiger partial charge in [-0.25, -0.2) is 0 Å². The van der Waals surface area contributed by atoms with Crippen molar-refractivity contribution in [1.29, 1.82) is 0 Å². The fourth-order valence-electron chi connectivity index (χ4n) is 2.00. The normalized spacial score (nSPS) is 35.7. The molecule has 1 aliphatic heterocycles. The maximum atomic E-state index is 13.9. The quantitative estimate of drug-likeness (QED) is 0.598. The monoisotopic (exact) mass is 350 g/mol. The topological polar surface area (TPSA) is 76.0 Å². The molecule has 10 heteroatoms. The van der Waals surface area contributed by atoms with Gasteiger partial charge in [-0.05, 0) is 6.42 Å². The van der Waals surface area contributed by atoms with Gasteiger partial charge in [-0.15, -0.1) is 0 Å². The zero-order chi connectivity index (χ0) is 18.3. The van der Waals surface area contributed by atoms with Crippen LogP contribution in [0.3, 0.4) is 0 Å². The number of halogens is 5. The Bertz CT molecular complexity index is 455. The number of carbonyl (C=O) groups excluding carboxylic acids is 1. The average Bonchev–Trinajstić information content (AvgIpc) is 2.45. The summed E-state index contributed by atoms with van der Waals surface area (Å²) in [6.45, 7) is 2.33. The fraction of sp³-hybridized carbons (Fsp3) is 0.923. The molecule has 136 valence electrons. The number of rotatable bonds is 4. The largest absolute Gasteiger partial charge is 0.465 e. The second-order valence-corrected chi connectivity index (χ2v) is 6.03. The van der Waals surface area contributed by atoms with Crippen molar-refractivity contribution in [2.24, 2.45) is 11.3 Å². The van der Waals surface area contributed by atoms with Crippen molar-refractivity contribution < 1.29 is 46.4 Å². The molecule has 2 N–H and O–H groups in total. The summed E-state index contributed by atoms with van der Waals surface area (Å²) in [4.78, 5) is 11.6. The molecule has 4 unspecified atom stereocenters. The standard InChI is InChI=1S/C13H19F5O5/c1-4-7(2)8(19)22-5-10(3)6-23-12(21,13(16,17)18)11(14,15)9(10)20/h7,9,20-21H,4-6H2,1-3H3. The van der Waals surface area contributed by atoms with E-state index in [2.05, 4.69) is 4.74 Å². The maximum absolute atomic E-state index is 13.9. The highest BCUT2D eigenvalue weighted by molar-refractivity contribution is 5.71. The Hall–Kier alpha value is -1.00. The van der Waals surface area contributed by atoms with Gasteiger partial charge in [0, 0.05) is 0 Å². The lowest BCUT2D eigenvalue weighted by Crippen LogP contribution is -2.73. The maximum Gasteiger partial charge on any atom is 0.449 e. The van der Waals surface area contributed by atoms with Gasteiger partial charge in [0.25, 0.3) is 0 Å². The summed E-state index contributed by atoms with van der Waals surface area (Å²) in [6, 6.07) is 0. The lowest BCUT2D eigenvalue weighted by Gasteiger charge is -2.49. The molecule has 0 aromatic rings. The van der Waals surface area contributed by atoms with Crippen molar-refractivity contribution >= 4 is 5.97 Å². The van der Waals surface area contributed by atoms with Crippen molar-refractivity contribution in [2.75, 3.05) is 13.2 Å². The third-order valence-electron chi connectivity index (χ3n) is 4.01. The van der Waals surface area contributed by atoms with Crippen molar-refractivity contribution in [3.05, 3.63) is 0 Å². The Labute approximate surface area is 129 Å². The Morgan fingerprint density at radius 1 is 1.43 bits per heavy atom. The molecule has 1 saturated heterocycles. The predicted molar refractivity (Wildman–Crippen MR) is 66.4 cm³/mol. The van der Waals surface area contributed by atoms with E-state index in [0.29, 0.717) is 6.42 Å². The molecule has 1 fully saturated rings. The van der Waals surface area contributed by atoms with Crippen LogP contribution < -0.4 is 0 Å². The Kier molecular flexibility index (Phi) is 5.35. The Balaban J connectivity index is 2.96. The predicted octanol–water partition coefficient (Wildman–Crippen LogP) is 1.86. The van der Waals surface area contributed by atoms with Gasteiger partial charge in [0.05, 0.1) is 17.9 Å². The number of hydrogen-bond donors (Lipinski definition) is 2. The molecule has 4 atom stereocenters. The molecule has 0 bridgehead atoms. The number of aliphatic hydroxyl groups is 2. The number of esters is 1. The van der Waals surface area contributed by atoms with Gasteiger partial charge in [-0.2, -0.15) is 22.0 Å². The molecule has 23 heavy (non-hydrogen) atoms. The van der Waals surface area contributed by atoms with Gasteiger partial charge in [-0.1, -0.05) is 20.8 Å². The second kappa shape index (κ2) is 6.14. The number of ether oxygens (including phenoxy) is 2. The second-order valence-electron chi connectivity index (χ2n) is 6.03. The van der Waals surface area contributed by atoms with Crippen LogP contribution in [-0.4, -0.2) is 53.4 Å². The zero-order valence-electron chi connectivity index (χ0n) is 12.8. The van der Waals surface area contributed by atoms with Crippen LogP contribution in [0.2, 0.25) is 0 Å². The molecule has 0 amide bonds. The lowest BCUT2D eigenvalue weighted by atomic mass is 9.77. The average molecular weight is 350 g/mol. The van der Waals surface area contributed by atoms with E-state index in [1.54, 1.807) is 6.92 Å². The molecule has 0 aromatic carbocycles. The number of carbonyl (C=O) groups is 1. The van der Waals surface area contributed by atoms with E-state index in [1.807, 2.05) is 0 Å². The van der Waals surface area contributed by atoms with Crippen LogP contribution in [0.1, 0.15) is 27.2 Å². The molecule has 0 radical (unpaired) electrons. The first-order valence-corrected chi connectivity index (χ1v) is 6.88. The SMILES string of the molecule is CCC(C)C(=O)OCC1(C)COC(O)(C(F)(F)F)C(F)(F)C1O. The summed E-state index contributed by atoms with van der Waals surface area (Å²) in [5.41, 5.74) is -2.01. The number of hydrogen-bond acceptors (Lipinski definition) is 5. The molecular formula is C13H19F5O5. The highest BCUT2D eigenvalue weighted by Gasteiger charge is 2.78. The molecule has 0 spiro atoms. The Morgan fingerprint density at radius 2 is 1.96 bits per heavy atom. The van der Waals surface area contributed by atoms with E-state index in [-0.39, 0.29) is 0 Å². The third-order valence-corrected chi connectivity index (χ3v) is 4.01. The van der Waals surface area contributed by atoms with Crippen LogP contribution >= 0.6 is 0 Å². The van der Waals surface area contributed by atoms with Crippen LogP contribution in [0.5, 0.6) is 0 Å². The highest BCUT2D eigenvalue weighted by Crippen LogP contribution is 2.52. The molecule has 0 aliphatic carbocycles. The first-order chi connectivity index (χ1) is 10.2. The molecule has 5 nitrogen and oxygen atoms in total. The summed E-state index contributed by atoms with van der Waals surface area (Å²) >= 11 is 0. The van der Waals surface area contributed by atoms with Gasteiger partial charge in [0.2, 0.25) is 0 Å². The first kappa shape index (κ1) is 20.0. The number of alkyl halides is 5. The van der Waals surface area contributed by atoms with Crippen LogP contribution in [0.25, 0.3) is 0 Å². The van der Waals surface area contributed by atoms with E-state index in [1.165, 1.54) is 6.92 Å². The minimum Gasteiger partial charge on any atom is -0.465 e. The number of aliphatic hydroxyl groups excluding tert-OH is 1. The minimum absolute atomic E-state index is 0.415. The highest BCUT2D eigenvalue weighted by atomic mass is 19.4. The molecule has 1 aliphatic rings. The van der Waals surface area contributed by atoms with E-state index >= 15 is 0 Å². The van der Waals surface area contributed by atoms with Crippen LogP contribution in [0.15, 0.2) is 0 Å². The van der Waals surface area contributed by atoms with Gasteiger partial charge < -0.3 is 19.7 Å². The van der Waals surface area contributed by atoms with E-state index in [4.69, 9.17) is 4.74 Å². The van der Waals surface area contributed by atoms with Crippen LogP contribution in [-0.2, 0) is 14.3 Å². The van der Waals surface area contributed by atoms with Crippen LogP contribution in [0.4, 0.5) is 22.0 Å². The zero-order valence-corrected chi connectivity index (χ0v) is 12.8. The van der Waals surface area contributed by atoms with Crippen molar-refractivity contribution in [2.45, 2.75) is 51.2 Å². The summed E-state index contributed by atoms with van der Waals surface area (Å²) < 4.78 is 74.5. The summed E-state index contributed by atoms with van der Waals surface area (Å²) in [5.74, 6) is -11.1. The molecule has 1 rings (SSSR count). The summed E-state index contributed by atoms with van der Waals surface area (Å²) in [7, 11) is 0. The third kappa shape index (κ3) is 3.29. The smallest absolute Gasteiger partial charge is 0.449 e. The molecule has 1 heterocycles. The van der Waals surface area contributed by atoms with E-state index in [0.717, 1.165) is 6.92 Å². The van der Waals surface area contributed by atoms with Gasteiger partial charge in [0.15, 0.2) is 0 Å². The van der Waals surface area contributed by atoms with Crippen molar-refractivity contribution in [1.82, 2.24) is 0 Å². The van der Waals surface area contributed by atoms with Gasteiger partial charge >= 0.3 is 23.9 Å². The van der Waals surface area contributed by atoms with Gasteiger partial charge in [-0.3, -0.25) is 4.79 Å². The fourth-order valence-corrected chi connectivity index (χ4v) is 2.00. The van der Waals surface area contributed by atoms with Crippen molar-refractivity contribution in [3.8, 4) is 0 Å². The Morgan fingerprint density at radius 3 is 2.39 bits per heavy atom. The van der Waals surface area contributed by atoms with Crippen LogP contribution in [0, 0.1) is 11.3 Å².